The predicted octanol–water partition coefficient (Wildman–Crippen LogP) is 4.75. The molecule has 2 aromatic heterocycles. The first-order valence-electron chi connectivity index (χ1n) is 11.3. The van der Waals surface area contributed by atoms with Crippen LogP contribution in [0.15, 0.2) is 36.5 Å². The molecule has 0 saturated heterocycles. The van der Waals surface area contributed by atoms with Crippen molar-refractivity contribution in [3.63, 3.8) is 0 Å². The fraction of sp³-hybridized carbons (Fsp3) is 0.385. The summed E-state index contributed by atoms with van der Waals surface area (Å²) in [7, 11) is 2.04. The van der Waals surface area contributed by atoms with E-state index in [9.17, 15) is 9.18 Å². The van der Waals surface area contributed by atoms with E-state index in [2.05, 4.69) is 25.8 Å². The number of rotatable bonds is 3. The monoisotopic (exact) mass is 448 g/mol. The van der Waals surface area contributed by atoms with Crippen LogP contribution in [-0.2, 0) is 16.1 Å². The van der Waals surface area contributed by atoms with E-state index in [0.717, 1.165) is 46.5 Å². The fourth-order valence-corrected chi connectivity index (χ4v) is 4.85. The van der Waals surface area contributed by atoms with Gasteiger partial charge in [0.15, 0.2) is 0 Å². The van der Waals surface area contributed by atoms with E-state index in [4.69, 9.17) is 4.74 Å². The molecule has 1 aromatic carbocycles. The van der Waals surface area contributed by atoms with Crippen LogP contribution in [0.3, 0.4) is 0 Å². The number of nitrogens with zero attached hydrogens (tertiary/aromatic N) is 3. The number of esters is 1. The molecule has 6 nitrogen and oxygen atoms in total. The van der Waals surface area contributed by atoms with Crippen LogP contribution in [0.2, 0.25) is 0 Å². The number of carbonyl (C=O) groups excluding carboxylic acids is 1. The third kappa shape index (κ3) is 4.13. The van der Waals surface area contributed by atoms with E-state index in [1.165, 1.54) is 17.2 Å². The number of pyridine rings is 1. The van der Waals surface area contributed by atoms with Gasteiger partial charge in [-0.15, -0.1) is 0 Å². The van der Waals surface area contributed by atoms with E-state index in [0.29, 0.717) is 13.1 Å². The van der Waals surface area contributed by atoms with E-state index in [1.54, 1.807) is 12.3 Å². The van der Waals surface area contributed by atoms with Crippen molar-refractivity contribution in [1.82, 2.24) is 14.9 Å². The normalized spacial score (nSPS) is 16.4. The van der Waals surface area contributed by atoms with Gasteiger partial charge in [0.1, 0.15) is 17.1 Å². The van der Waals surface area contributed by atoms with Gasteiger partial charge in [-0.05, 0) is 62.6 Å². The molecule has 0 unspecified atom stereocenters. The average Bonchev–Trinajstić information content (AvgIpc) is 3.05. The smallest absolute Gasteiger partial charge is 0.320 e. The Morgan fingerprint density at radius 1 is 1.24 bits per heavy atom. The summed E-state index contributed by atoms with van der Waals surface area (Å²) in [5.41, 5.74) is 6.72. The SMILES string of the molecule is CN1Cc2c(C3=CCN(CC(=O)OC(C)(C)C)CC3)[nH]c3nccc(c23)-c2cc(F)ccc21. The summed E-state index contributed by atoms with van der Waals surface area (Å²) < 4.78 is 19.6. The van der Waals surface area contributed by atoms with Crippen molar-refractivity contribution < 1.29 is 13.9 Å². The molecule has 1 N–H and O–H groups in total. The summed E-state index contributed by atoms with van der Waals surface area (Å²) in [5.74, 6) is -0.441. The lowest BCUT2D eigenvalue weighted by molar-refractivity contribution is -0.156. The van der Waals surface area contributed by atoms with Crippen LogP contribution in [0.1, 0.15) is 38.4 Å². The number of hydrogen-bond donors (Lipinski definition) is 1. The first-order chi connectivity index (χ1) is 15.7. The Labute approximate surface area is 193 Å². The standard InChI is InChI=1S/C26H29FN4O2/c1-26(2,3)33-22(32)15-31-11-8-16(9-12-31)24-20-14-30(4)21-6-5-17(27)13-19(21)18-7-10-28-25(29-24)23(18)20/h5-8,10,13H,9,11-12,14-15H2,1-4H3,(H,28,29). The highest BCUT2D eigenvalue weighted by Crippen LogP contribution is 2.43. The zero-order valence-corrected chi connectivity index (χ0v) is 19.5. The minimum absolute atomic E-state index is 0.197. The Morgan fingerprint density at radius 2 is 2.06 bits per heavy atom. The summed E-state index contributed by atoms with van der Waals surface area (Å²) in [4.78, 5) is 24.6. The zero-order valence-electron chi connectivity index (χ0n) is 19.5. The molecule has 4 heterocycles. The Balaban J connectivity index is 1.47. The van der Waals surface area contributed by atoms with Gasteiger partial charge in [-0.25, -0.2) is 9.37 Å². The van der Waals surface area contributed by atoms with Crippen molar-refractivity contribution in [3.8, 4) is 11.1 Å². The number of hydrogen-bond acceptors (Lipinski definition) is 5. The second-order valence-corrected chi connectivity index (χ2v) is 9.88. The van der Waals surface area contributed by atoms with Crippen LogP contribution >= 0.6 is 0 Å². The molecule has 2 aliphatic rings. The van der Waals surface area contributed by atoms with Crippen LogP contribution in [0.25, 0.3) is 27.7 Å². The highest BCUT2D eigenvalue weighted by Gasteiger charge is 2.27. The number of fused-ring (bicyclic) bond motifs is 2. The van der Waals surface area contributed by atoms with Gasteiger partial charge in [0.05, 0.1) is 6.54 Å². The molecule has 7 heteroatoms. The summed E-state index contributed by atoms with van der Waals surface area (Å²) in [5, 5.41) is 1.06. The lowest BCUT2D eigenvalue weighted by atomic mass is 9.97. The second-order valence-electron chi connectivity index (χ2n) is 9.88. The van der Waals surface area contributed by atoms with Gasteiger partial charge in [-0.2, -0.15) is 0 Å². The quantitative estimate of drug-likeness (QED) is 0.586. The Hall–Kier alpha value is -3.19. The highest BCUT2D eigenvalue weighted by molar-refractivity contribution is 6.02. The zero-order chi connectivity index (χ0) is 23.3. The number of aromatic nitrogens is 2. The minimum Gasteiger partial charge on any atom is -0.459 e. The van der Waals surface area contributed by atoms with E-state index >= 15 is 0 Å². The van der Waals surface area contributed by atoms with Crippen molar-refractivity contribution in [2.24, 2.45) is 0 Å². The van der Waals surface area contributed by atoms with Crippen LogP contribution in [-0.4, -0.2) is 53.1 Å². The Morgan fingerprint density at radius 3 is 2.79 bits per heavy atom. The molecule has 0 aliphatic carbocycles. The lowest BCUT2D eigenvalue weighted by Gasteiger charge is -2.28. The van der Waals surface area contributed by atoms with Crippen molar-refractivity contribution in [2.75, 3.05) is 31.6 Å². The number of aromatic amines is 1. The van der Waals surface area contributed by atoms with Crippen LogP contribution in [0.5, 0.6) is 0 Å². The molecule has 0 saturated carbocycles. The first-order valence-corrected chi connectivity index (χ1v) is 11.3. The summed E-state index contributed by atoms with van der Waals surface area (Å²) >= 11 is 0. The molecule has 0 radical (unpaired) electrons. The molecule has 172 valence electrons. The van der Waals surface area contributed by atoms with Gasteiger partial charge in [-0.1, -0.05) is 6.08 Å². The van der Waals surface area contributed by atoms with Crippen molar-refractivity contribution in [1.29, 1.82) is 0 Å². The molecule has 0 bridgehead atoms. The minimum atomic E-state index is -0.476. The van der Waals surface area contributed by atoms with Gasteiger partial charge in [-0.3, -0.25) is 9.69 Å². The van der Waals surface area contributed by atoms with Crippen molar-refractivity contribution >= 4 is 28.3 Å². The number of benzene rings is 1. The third-order valence-corrected chi connectivity index (χ3v) is 6.24. The third-order valence-electron chi connectivity index (χ3n) is 6.24. The largest absolute Gasteiger partial charge is 0.459 e. The maximum atomic E-state index is 14.1. The molecule has 0 atom stereocenters. The molecule has 0 spiro atoms. The first kappa shape index (κ1) is 21.6. The number of carbonyl (C=O) groups is 1. The molecule has 5 rings (SSSR count). The summed E-state index contributed by atoms with van der Waals surface area (Å²) in [6.07, 6.45) is 4.79. The van der Waals surface area contributed by atoms with Crippen LogP contribution < -0.4 is 4.90 Å². The van der Waals surface area contributed by atoms with E-state index < -0.39 is 5.60 Å². The van der Waals surface area contributed by atoms with Gasteiger partial charge in [0.25, 0.3) is 0 Å². The molecule has 2 aliphatic heterocycles. The topological polar surface area (TPSA) is 61.5 Å². The number of halogens is 1. The van der Waals surface area contributed by atoms with Gasteiger partial charge >= 0.3 is 5.97 Å². The van der Waals surface area contributed by atoms with Gasteiger partial charge in [0, 0.05) is 60.8 Å². The molecule has 33 heavy (non-hydrogen) atoms. The maximum absolute atomic E-state index is 14.1. The molecule has 0 amide bonds. The average molecular weight is 449 g/mol. The van der Waals surface area contributed by atoms with Crippen LogP contribution in [0.4, 0.5) is 10.1 Å². The number of nitrogens with one attached hydrogen (secondary N) is 1. The molecule has 0 fully saturated rings. The number of H-pyrrole nitrogens is 1. The van der Waals surface area contributed by atoms with Gasteiger partial charge < -0.3 is 14.6 Å². The molecule has 3 aromatic rings. The Bertz CT molecular complexity index is 1270. The Kier molecular flexibility index (Phi) is 5.24. The van der Waals surface area contributed by atoms with E-state index in [-0.39, 0.29) is 18.3 Å². The summed E-state index contributed by atoms with van der Waals surface area (Å²) in [6.45, 7) is 8.10. The molecular formula is C26H29FN4O2. The van der Waals surface area contributed by atoms with Crippen molar-refractivity contribution in [2.45, 2.75) is 39.3 Å². The van der Waals surface area contributed by atoms with Gasteiger partial charge in [0.2, 0.25) is 0 Å². The fourth-order valence-electron chi connectivity index (χ4n) is 4.85. The van der Waals surface area contributed by atoms with Crippen molar-refractivity contribution in [3.05, 3.63) is 53.6 Å². The summed E-state index contributed by atoms with van der Waals surface area (Å²) in [6, 6.07) is 6.94. The predicted molar refractivity (Wildman–Crippen MR) is 128 cm³/mol. The highest BCUT2D eigenvalue weighted by atomic mass is 19.1. The second kappa shape index (κ2) is 7.99. The lowest BCUT2D eigenvalue weighted by Crippen LogP contribution is -2.37. The molecular weight excluding hydrogens is 419 g/mol. The number of ether oxygens (including phenoxy) is 1. The van der Waals surface area contributed by atoms with Crippen LogP contribution in [0, 0.1) is 5.82 Å². The maximum Gasteiger partial charge on any atom is 0.320 e. The number of anilines is 1. The van der Waals surface area contributed by atoms with E-state index in [1.807, 2.05) is 40.0 Å².